The number of ether oxygens (including phenoxy) is 2. The van der Waals surface area contributed by atoms with E-state index in [1.807, 2.05) is 31.2 Å². The molecule has 1 amide bonds. The quantitative estimate of drug-likeness (QED) is 0.516. The van der Waals surface area contributed by atoms with Gasteiger partial charge < -0.3 is 14.8 Å². The van der Waals surface area contributed by atoms with Gasteiger partial charge in [0.2, 0.25) is 0 Å². The zero-order valence-electron chi connectivity index (χ0n) is 19.0. The Labute approximate surface area is 198 Å². The van der Waals surface area contributed by atoms with Crippen LogP contribution in [0.25, 0.3) is 10.8 Å². The molecule has 0 radical (unpaired) electrons. The van der Waals surface area contributed by atoms with Crippen molar-refractivity contribution < 1.29 is 14.3 Å². The van der Waals surface area contributed by atoms with Crippen molar-refractivity contribution in [2.24, 2.45) is 0 Å². The van der Waals surface area contributed by atoms with Crippen molar-refractivity contribution in [2.75, 3.05) is 33.4 Å². The molecule has 1 N–H and O–H groups in total. The van der Waals surface area contributed by atoms with Gasteiger partial charge in [0.15, 0.2) is 10.8 Å². The van der Waals surface area contributed by atoms with E-state index in [2.05, 4.69) is 32.2 Å². The minimum atomic E-state index is -0.156. The molecule has 33 heavy (non-hydrogen) atoms. The molecule has 9 heteroatoms. The smallest absolute Gasteiger partial charge is 0.263 e. The van der Waals surface area contributed by atoms with Crippen molar-refractivity contribution in [1.29, 1.82) is 0 Å². The first kappa shape index (κ1) is 23.3. The number of hydrogen-bond acceptors (Lipinski definition) is 8. The first-order valence-corrected chi connectivity index (χ1v) is 11.9. The van der Waals surface area contributed by atoms with Gasteiger partial charge in [-0.3, -0.25) is 9.69 Å². The maximum Gasteiger partial charge on any atom is 0.263 e. The van der Waals surface area contributed by atoms with Crippen LogP contribution in [0.2, 0.25) is 0 Å². The van der Waals surface area contributed by atoms with Gasteiger partial charge in [-0.1, -0.05) is 12.1 Å². The predicted octanol–water partition coefficient (Wildman–Crippen LogP) is 3.33. The van der Waals surface area contributed by atoms with Crippen LogP contribution in [0, 0.1) is 6.92 Å². The van der Waals surface area contributed by atoms with Gasteiger partial charge in [-0.05, 0) is 50.6 Å². The van der Waals surface area contributed by atoms with E-state index < -0.39 is 0 Å². The third-order valence-corrected chi connectivity index (χ3v) is 6.79. The van der Waals surface area contributed by atoms with Crippen LogP contribution in [0.15, 0.2) is 42.7 Å². The van der Waals surface area contributed by atoms with E-state index in [1.54, 1.807) is 18.5 Å². The minimum absolute atomic E-state index is 0.156. The summed E-state index contributed by atoms with van der Waals surface area (Å²) in [6, 6.07) is 10.1. The number of carbonyl (C=O) groups is 1. The van der Waals surface area contributed by atoms with Crippen molar-refractivity contribution in [3.63, 3.8) is 0 Å². The molecule has 0 atom stereocenters. The normalized spacial score (nSPS) is 14.4. The van der Waals surface area contributed by atoms with Gasteiger partial charge in [0.25, 0.3) is 5.91 Å². The Balaban J connectivity index is 1.28. The van der Waals surface area contributed by atoms with E-state index in [9.17, 15) is 4.79 Å². The van der Waals surface area contributed by atoms with Crippen LogP contribution in [0.3, 0.4) is 0 Å². The van der Waals surface area contributed by atoms with Crippen LogP contribution in [-0.2, 0) is 11.3 Å². The van der Waals surface area contributed by atoms with E-state index in [0.29, 0.717) is 40.6 Å². The zero-order valence-corrected chi connectivity index (χ0v) is 19.8. The second-order valence-corrected chi connectivity index (χ2v) is 9.01. The van der Waals surface area contributed by atoms with Crippen molar-refractivity contribution in [1.82, 2.24) is 25.2 Å². The van der Waals surface area contributed by atoms with E-state index in [4.69, 9.17) is 9.47 Å². The summed E-state index contributed by atoms with van der Waals surface area (Å²) in [5.41, 5.74) is 1.65. The summed E-state index contributed by atoms with van der Waals surface area (Å²) in [6.45, 7) is 5.39. The Hall–Kier alpha value is -2.88. The Morgan fingerprint density at radius 1 is 1.24 bits per heavy atom. The van der Waals surface area contributed by atoms with Crippen LogP contribution < -0.4 is 10.1 Å². The fourth-order valence-corrected chi connectivity index (χ4v) is 4.67. The van der Waals surface area contributed by atoms with Crippen molar-refractivity contribution in [3.8, 4) is 16.6 Å². The van der Waals surface area contributed by atoms with Gasteiger partial charge >= 0.3 is 0 Å². The third-order valence-electron chi connectivity index (χ3n) is 5.64. The fraction of sp³-hybridized carbons (Fsp3) is 0.417. The number of nitrogens with zero attached hydrogens (tertiary/aromatic N) is 4. The molecule has 2 aromatic heterocycles. The number of thiazole rings is 1. The predicted molar refractivity (Wildman–Crippen MR) is 127 cm³/mol. The van der Waals surface area contributed by atoms with Gasteiger partial charge in [-0.25, -0.2) is 15.0 Å². The third kappa shape index (κ3) is 6.34. The maximum atomic E-state index is 12.7. The molecule has 1 aliphatic heterocycles. The highest BCUT2D eigenvalue weighted by atomic mass is 32.1. The lowest BCUT2D eigenvalue weighted by Gasteiger charge is -2.31. The number of nitrogens with one attached hydrogen (secondary N) is 1. The average molecular weight is 468 g/mol. The standard InChI is InChI=1S/C24H29N5O3S/c1-17-21(33-24(28-17)22-25-9-4-10-26-22)23(30)27-16-18-5-3-6-20(15-18)32-14-11-29(2)19-7-12-31-13-8-19/h3-6,9-10,15,19H,7-8,11-14,16H2,1-2H3,(H,27,30). The molecule has 3 aromatic rings. The number of rotatable bonds is 9. The molecule has 0 bridgehead atoms. The summed E-state index contributed by atoms with van der Waals surface area (Å²) in [6.07, 6.45) is 5.48. The van der Waals surface area contributed by atoms with Crippen LogP contribution >= 0.6 is 11.3 Å². The number of hydrogen-bond donors (Lipinski definition) is 1. The minimum Gasteiger partial charge on any atom is -0.492 e. The fourth-order valence-electron chi connectivity index (χ4n) is 3.74. The Morgan fingerprint density at radius 2 is 2.03 bits per heavy atom. The summed E-state index contributed by atoms with van der Waals surface area (Å²) in [4.78, 5) is 28.5. The van der Waals surface area contributed by atoms with Crippen molar-refractivity contribution in [2.45, 2.75) is 32.4 Å². The number of benzene rings is 1. The van der Waals surface area contributed by atoms with Gasteiger partial charge in [0.1, 0.15) is 17.2 Å². The van der Waals surface area contributed by atoms with Crippen LogP contribution in [0.1, 0.15) is 33.8 Å². The molecule has 1 aliphatic rings. The van der Waals surface area contributed by atoms with E-state index in [0.717, 1.165) is 43.9 Å². The average Bonchev–Trinajstić information content (AvgIpc) is 3.25. The van der Waals surface area contributed by atoms with Crippen LogP contribution in [0.4, 0.5) is 0 Å². The van der Waals surface area contributed by atoms with E-state index >= 15 is 0 Å². The topological polar surface area (TPSA) is 89.5 Å². The molecule has 0 saturated carbocycles. The molecule has 1 aromatic carbocycles. The highest BCUT2D eigenvalue weighted by Crippen LogP contribution is 2.25. The number of amides is 1. The van der Waals surface area contributed by atoms with Crippen molar-refractivity contribution >= 4 is 17.2 Å². The summed E-state index contributed by atoms with van der Waals surface area (Å²) in [7, 11) is 2.14. The van der Waals surface area contributed by atoms with Gasteiger partial charge in [0, 0.05) is 44.7 Å². The molecule has 8 nitrogen and oxygen atoms in total. The molecular weight excluding hydrogens is 438 g/mol. The van der Waals surface area contributed by atoms with Crippen LogP contribution in [-0.4, -0.2) is 65.2 Å². The molecular formula is C24H29N5O3S. The number of likely N-dealkylation sites (N-methyl/N-ethyl adjacent to an activating group) is 1. The summed E-state index contributed by atoms with van der Waals surface area (Å²) in [5.74, 6) is 1.17. The number of aromatic nitrogens is 3. The lowest BCUT2D eigenvalue weighted by molar-refractivity contribution is 0.0392. The van der Waals surface area contributed by atoms with E-state index in [1.165, 1.54) is 11.3 Å². The molecule has 3 heterocycles. The number of carbonyl (C=O) groups excluding carboxylic acids is 1. The molecule has 0 unspecified atom stereocenters. The Morgan fingerprint density at radius 3 is 2.82 bits per heavy atom. The van der Waals surface area contributed by atoms with Gasteiger partial charge in [-0.15, -0.1) is 11.3 Å². The lowest BCUT2D eigenvalue weighted by Crippen LogP contribution is -2.38. The van der Waals surface area contributed by atoms with E-state index in [-0.39, 0.29) is 5.91 Å². The zero-order chi connectivity index (χ0) is 23.0. The second-order valence-electron chi connectivity index (χ2n) is 8.01. The van der Waals surface area contributed by atoms with Gasteiger partial charge in [-0.2, -0.15) is 0 Å². The van der Waals surface area contributed by atoms with Gasteiger partial charge in [0.05, 0.1) is 5.69 Å². The molecule has 4 rings (SSSR count). The summed E-state index contributed by atoms with van der Waals surface area (Å²) >= 11 is 1.30. The molecule has 0 spiro atoms. The second kappa shape index (κ2) is 11.3. The Bertz CT molecular complexity index is 1050. The Kier molecular flexibility index (Phi) is 7.98. The SMILES string of the molecule is Cc1nc(-c2ncccn2)sc1C(=O)NCc1cccc(OCCN(C)C2CCOCC2)c1. The molecule has 1 saturated heterocycles. The monoisotopic (exact) mass is 467 g/mol. The first-order chi connectivity index (χ1) is 16.1. The van der Waals surface area contributed by atoms with Crippen LogP contribution in [0.5, 0.6) is 5.75 Å². The lowest BCUT2D eigenvalue weighted by atomic mass is 10.1. The molecule has 0 aliphatic carbocycles. The number of aryl methyl sites for hydroxylation is 1. The highest BCUT2D eigenvalue weighted by molar-refractivity contribution is 7.17. The molecule has 174 valence electrons. The summed E-state index contributed by atoms with van der Waals surface area (Å²) in [5, 5.41) is 3.62. The molecule has 1 fully saturated rings. The van der Waals surface area contributed by atoms with Crippen molar-refractivity contribution in [3.05, 3.63) is 58.9 Å². The maximum absolute atomic E-state index is 12.7. The highest BCUT2D eigenvalue weighted by Gasteiger charge is 2.19. The summed E-state index contributed by atoms with van der Waals surface area (Å²) < 4.78 is 11.4. The largest absolute Gasteiger partial charge is 0.492 e. The first-order valence-electron chi connectivity index (χ1n) is 11.1.